The van der Waals surface area contributed by atoms with Crippen molar-refractivity contribution in [1.82, 2.24) is 15.5 Å². The van der Waals surface area contributed by atoms with Crippen molar-refractivity contribution in [3.63, 3.8) is 0 Å². The molecule has 0 aromatic heterocycles. The lowest BCUT2D eigenvalue weighted by Crippen LogP contribution is -2.59. The minimum atomic E-state index is -1.54. The summed E-state index contributed by atoms with van der Waals surface area (Å²) in [6.45, 7) is 1.01. The highest BCUT2D eigenvalue weighted by atomic mass is 16.6. The Balaban J connectivity index is 1.62. The molecule has 56 heavy (non-hydrogen) atoms. The number of phenols is 1. The SMILES string of the molecule is CC(O)C(NC(=O)C(Cc1ccc(O)cc1)NC(=O)C(CCCCN)N(C(=O)OCc1ccccc1)C(=O)OCc1ccccc1)C(=O)OCc1ccccc1. The number of unbranched alkanes of at least 4 members (excludes halogenated alkanes) is 1. The molecule has 14 heteroatoms. The van der Waals surface area contributed by atoms with Crippen LogP contribution in [0.25, 0.3) is 0 Å². The number of hydrogen-bond acceptors (Lipinski definition) is 11. The number of amides is 4. The molecule has 4 aromatic rings. The van der Waals surface area contributed by atoms with Crippen LogP contribution in [0.15, 0.2) is 115 Å². The molecule has 0 aliphatic rings. The van der Waals surface area contributed by atoms with Crippen LogP contribution in [0, 0.1) is 0 Å². The molecule has 0 aliphatic heterocycles. The summed E-state index contributed by atoms with van der Waals surface area (Å²) in [5.41, 5.74) is 8.20. The molecule has 4 unspecified atom stereocenters. The number of aliphatic hydroxyl groups is 1. The molecule has 0 saturated carbocycles. The fourth-order valence-corrected chi connectivity index (χ4v) is 5.56. The largest absolute Gasteiger partial charge is 0.508 e. The number of imide groups is 1. The number of carbonyl (C=O) groups excluding carboxylic acids is 5. The first-order chi connectivity index (χ1) is 27.0. The van der Waals surface area contributed by atoms with Crippen molar-refractivity contribution in [2.75, 3.05) is 6.54 Å². The van der Waals surface area contributed by atoms with E-state index in [9.17, 15) is 34.2 Å². The molecule has 0 aliphatic carbocycles. The lowest BCUT2D eigenvalue weighted by Gasteiger charge is -2.30. The molecular weight excluding hydrogens is 720 g/mol. The van der Waals surface area contributed by atoms with E-state index < -0.39 is 54.2 Å². The summed E-state index contributed by atoms with van der Waals surface area (Å²) < 4.78 is 16.4. The molecule has 14 nitrogen and oxygen atoms in total. The van der Waals surface area contributed by atoms with E-state index in [2.05, 4.69) is 10.6 Å². The Kier molecular flexibility index (Phi) is 16.8. The van der Waals surface area contributed by atoms with Gasteiger partial charge >= 0.3 is 18.2 Å². The summed E-state index contributed by atoms with van der Waals surface area (Å²) in [5, 5.41) is 25.5. The van der Waals surface area contributed by atoms with Gasteiger partial charge < -0.3 is 40.8 Å². The van der Waals surface area contributed by atoms with Crippen LogP contribution < -0.4 is 16.4 Å². The highest BCUT2D eigenvalue weighted by molar-refractivity contribution is 5.97. The van der Waals surface area contributed by atoms with Gasteiger partial charge in [0.1, 0.15) is 37.7 Å². The van der Waals surface area contributed by atoms with Crippen LogP contribution in [0.1, 0.15) is 48.4 Å². The van der Waals surface area contributed by atoms with Crippen molar-refractivity contribution in [1.29, 1.82) is 0 Å². The zero-order chi connectivity index (χ0) is 40.3. The number of benzene rings is 4. The number of aromatic hydroxyl groups is 1. The second-order valence-corrected chi connectivity index (χ2v) is 13.0. The monoisotopic (exact) mass is 768 g/mol. The van der Waals surface area contributed by atoms with Gasteiger partial charge in [-0.05, 0) is 67.1 Å². The average Bonchev–Trinajstić information content (AvgIpc) is 3.21. The number of esters is 1. The predicted octanol–water partition coefficient (Wildman–Crippen LogP) is 4.50. The quantitative estimate of drug-likeness (QED) is 0.0510. The second-order valence-electron chi connectivity index (χ2n) is 13.0. The first-order valence-corrected chi connectivity index (χ1v) is 18.2. The van der Waals surface area contributed by atoms with Gasteiger partial charge in [0, 0.05) is 6.42 Å². The van der Waals surface area contributed by atoms with Crippen LogP contribution in [0.5, 0.6) is 5.75 Å². The van der Waals surface area contributed by atoms with Crippen LogP contribution >= 0.6 is 0 Å². The minimum absolute atomic E-state index is 0.0345. The van der Waals surface area contributed by atoms with Gasteiger partial charge in [-0.1, -0.05) is 103 Å². The smallest absolute Gasteiger partial charge is 0.420 e. The number of aliphatic hydroxyl groups excluding tert-OH is 1. The predicted molar refractivity (Wildman–Crippen MR) is 205 cm³/mol. The third-order valence-corrected chi connectivity index (χ3v) is 8.62. The molecule has 0 heterocycles. The number of nitrogens with one attached hydrogen (secondary N) is 2. The molecule has 0 spiro atoms. The lowest BCUT2D eigenvalue weighted by atomic mass is 10.0. The van der Waals surface area contributed by atoms with Crippen molar-refractivity contribution in [2.24, 2.45) is 5.73 Å². The molecule has 4 atom stereocenters. The average molecular weight is 769 g/mol. The van der Waals surface area contributed by atoms with E-state index in [0.717, 1.165) is 0 Å². The van der Waals surface area contributed by atoms with E-state index in [1.165, 1.54) is 31.2 Å². The number of nitrogens with two attached hydrogens (primary N) is 1. The summed E-state index contributed by atoms with van der Waals surface area (Å²) >= 11 is 0. The molecule has 4 aromatic carbocycles. The van der Waals surface area contributed by atoms with Crippen LogP contribution in [-0.4, -0.2) is 75.9 Å². The minimum Gasteiger partial charge on any atom is -0.508 e. The Hall–Kier alpha value is -6.25. The molecule has 0 bridgehead atoms. The summed E-state index contributed by atoms with van der Waals surface area (Å²) in [7, 11) is 0. The standard InChI is InChI=1S/C42H48N4O10/c1-29(47)37(40(51)54-26-31-13-5-2-6-14-31)45-38(49)35(25-30-20-22-34(48)23-21-30)44-39(50)36(19-11-12-24-43)46(41(52)55-27-32-15-7-3-8-16-32)42(53)56-28-33-17-9-4-10-18-33/h2-10,13-18,20-23,29,35-37,47-48H,11-12,19,24-28,43H2,1H3,(H,44,50)(H,45,49). The summed E-state index contributed by atoms with van der Waals surface area (Å²) in [6, 6.07) is 27.7. The highest BCUT2D eigenvalue weighted by Crippen LogP contribution is 2.18. The van der Waals surface area contributed by atoms with Gasteiger partial charge in [0.15, 0.2) is 6.04 Å². The van der Waals surface area contributed by atoms with E-state index in [0.29, 0.717) is 40.0 Å². The van der Waals surface area contributed by atoms with E-state index >= 15 is 0 Å². The third-order valence-electron chi connectivity index (χ3n) is 8.62. The first-order valence-electron chi connectivity index (χ1n) is 18.2. The maximum absolute atomic E-state index is 14.3. The highest BCUT2D eigenvalue weighted by Gasteiger charge is 2.39. The second kappa shape index (κ2) is 22.2. The van der Waals surface area contributed by atoms with Crippen molar-refractivity contribution < 1.29 is 48.4 Å². The summed E-state index contributed by atoms with van der Waals surface area (Å²) in [5.74, 6) is -2.73. The van der Waals surface area contributed by atoms with Crippen molar-refractivity contribution in [2.45, 2.75) is 76.7 Å². The van der Waals surface area contributed by atoms with Crippen molar-refractivity contribution in [3.8, 4) is 5.75 Å². The van der Waals surface area contributed by atoms with Crippen LogP contribution in [0.4, 0.5) is 9.59 Å². The maximum atomic E-state index is 14.3. The number of ether oxygens (including phenoxy) is 3. The Labute approximate surface area is 325 Å². The van der Waals surface area contributed by atoms with Gasteiger partial charge in [-0.25, -0.2) is 14.4 Å². The Morgan fingerprint density at radius 1 is 0.643 bits per heavy atom. The topological polar surface area (TPSA) is 207 Å². The van der Waals surface area contributed by atoms with Gasteiger partial charge in [0.2, 0.25) is 11.8 Å². The van der Waals surface area contributed by atoms with Crippen molar-refractivity contribution in [3.05, 3.63) is 138 Å². The van der Waals surface area contributed by atoms with Gasteiger partial charge in [-0.3, -0.25) is 9.59 Å². The number of phenolic OH excluding ortho intramolecular Hbond substituents is 1. The van der Waals surface area contributed by atoms with E-state index in [1.807, 2.05) is 0 Å². The molecule has 0 saturated heterocycles. The molecule has 296 valence electrons. The fourth-order valence-electron chi connectivity index (χ4n) is 5.56. The van der Waals surface area contributed by atoms with Gasteiger partial charge in [0.05, 0.1) is 6.10 Å². The van der Waals surface area contributed by atoms with Crippen LogP contribution in [0.3, 0.4) is 0 Å². The zero-order valence-electron chi connectivity index (χ0n) is 31.1. The zero-order valence-corrected chi connectivity index (χ0v) is 31.1. The van der Waals surface area contributed by atoms with E-state index in [-0.39, 0.29) is 45.0 Å². The normalized spacial score (nSPS) is 12.9. The lowest BCUT2D eigenvalue weighted by molar-refractivity contribution is -0.152. The third kappa shape index (κ3) is 13.6. The van der Waals surface area contributed by atoms with E-state index in [4.69, 9.17) is 19.9 Å². The number of hydrogen-bond donors (Lipinski definition) is 5. The van der Waals surface area contributed by atoms with Crippen molar-refractivity contribution >= 4 is 30.0 Å². The molecule has 0 radical (unpaired) electrons. The Morgan fingerprint density at radius 2 is 1.12 bits per heavy atom. The van der Waals surface area contributed by atoms with Gasteiger partial charge in [-0.15, -0.1) is 0 Å². The van der Waals surface area contributed by atoms with E-state index in [1.54, 1.807) is 91.0 Å². The Bertz CT molecular complexity index is 1790. The Morgan fingerprint density at radius 3 is 1.59 bits per heavy atom. The van der Waals surface area contributed by atoms with Crippen LogP contribution in [0.2, 0.25) is 0 Å². The number of nitrogens with zero attached hydrogens (tertiary/aromatic N) is 1. The summed E-state index contributed by atoms with van der Waals surface area (Å²) in [4.78, 5) is 69.6. The first kappa shape index (κ1) is 42.5. The number of carbonyl (C=O) groups is 5. The summed E-state index contributed by atoms with van der Waals surface area (Å²) in [6.07, 6.45) is -3.20. The van der Waals surface area contributed by atoms with Gasteiger partial charge in [-0.2, -0.15) is 4.90 Å². The molecule has 6 N–H and O–H groups in total. The molecule has 4 amide bonds. The van der Waals surface area contributed by atoms with Gasteiger partial charge in [0.25, 0.3) is 0 Å². The van der Waals surface area contributed by atoms with Crippen LogP contribution in [-0.2, 0) is 54.8 Å². The number of rotatable bonds is 19. The maximum Gasteiger partial charge on any atom is 0.420 e. The molecular formula is C42H48N4O10. The molecule has 4 rings (SSSR count). The fraction of sp³-hybridized carbons (Fsp3) is 0.310. The molecule has 0 fully saturated rings.